The Morgan fingerprint density at radius 1 is 1.00 bits per heavy atom. The molecule has 1 aliphatic heterocycles. The number of carbonyl (C=O) groups excluding carboxylic acids is 1. The van der Waals surface area contributed by atoms with Gasteiger partial charge in [0.05, 0.1) is 31.8 Å². The molecule has 3 aromatic rings. The first-order valence-corrected chi connectivity index (χ1v) is 12.6. The van der Waals surface area contributed by atoms with Gasteiger partial charge in [-0.1, -0.05) is 48.5 Å². The zero-order valence-corrected chi connectivity index (χ0v) is 21.8. The first-order valence-electron chi connectivity index (χ1n) is 12.6. The molecule has 0 aromatic heterocycles. The summed E-state index contributed by atoms with van der Waals surface area (Å²) in [6.07, 6.45) is 0.972. The number of rotatable bonds is 10. The Labute approximate surface area is 218 Å². The van der Waals surface area contributed by atoms with Crippen LogP contribution in [-0.2, 0) is 17.9 Å². The third-order valence-corrected chi connectivity index (χ3v) is 7.18. The van der Waals surface area contributed by atoms with Gasteiger partial charge in [-0.15, -0.1) is 0 Å². The summed E-state index contributed by atoms with van der Waals surface area (Å²) in [7, 11) is 3.27. The van der Waals surface area contributed by atoms with Gasteiger partial charge in [-0.3, -0.25) is 9.69 Å². The van der Waals surface area contributed by atoms with Crippen molar-refractivity contribution >= 4 is 5.91 Å². The van der Waals surface area contributed by atoms with E-state index in [0.29, 0.717) is 56.3 Å². The molecule has 1 amide bonds. The van der Waals surface area contributed by atoms with Crippen LogP contribution in [0.25, 0.3) is 11.1 Å². The summed E-state index contributed by atoms with van der Waals surface area (Å²) in [4.78, 5) is 13.5. The number of benzene rings is 3. The van der Waals surface area contributed by atoms with E-state index in [4.69, 9.17) is 19.9 Å². The number of primary amides is 1. The van der Waals surface area contributed by atoms with Crippen LogP contribution in [0.4, 0.5) is 0 Å². The van der Waals surface area contributed by atoms with Gasteiger partial charge < -0.3 is 25.1 Å². The van der Waals surface area contributed by atoms with E-state index >= 15 is 0 Å². The molecule has 1 fully saturated rings. The van der Waals surface area contributed by atoms with E-state index in [-0.39, 0.29) is 6.42 Å². The largest absolute Gasteiger partial charge is 0.496 e. The van der Waals surface area contributed by atoms with Crippen LogP contribution in [0.5, 0.6) is 17.2 Å². The minimum Gasteiger partial charge on any atom is -0.496 e. The zero-order valence-electron chi connectivity index (χ0n) is 21.8. The Morgan fingerprint density at radius 3 is 2.24 bits per heavy atom. The molecule has 0 bridgehead atoms. The van der Waals surface area contributed by atoms with E-state index in [1.54, 1.807) is 14.2 Å². The van der Waals surface area contributed by atoms with Crippen LogP contribution in [0.3, 0.4) is 0 Å². The molecular weight excluding hydrogens is 468 g/mol. The SMILES string of the molecule is COc1cc(OCc2cccc(-c3ccccc3)c2C)cc(OC)c1CN1CCC(O)(CC(N)=O)CC1. The molecule has 0 unspecified atom stereocenters. The first kappa shape index (κ1) is 26.5. The van der Waals surface area contributed by atoms with E-state index in [9.17, 15) is 9.90 Å². The molecule has 3 aromatic carbocycles. The molecule has 0 saturated carbocycles. The maximum absolute atomic E-state index is 11.3. The summed E-state index contributed by atoms with van der Waals surface area (Å²) in [5, 5.41) is 10.6. The molecule has 0 radical (unpaired) electrons. The Balaban J connectivity index is 1.47. The quantitative estimate of drug-likeness (QED) is 0.423. The smallest absolute Gasteiger partial charge is 0.220 e. The molecule has 0 atom stereocenters. The molecule has 1 heterocycles. The standard InChI is InChI=1S/C30H36N2O5/c1-21-23(10-7-11-25(21)22-8-5-4-6-9-22)20-37-24-16-27(35-2)26(28(17-24)36-3)19-32-14-12-30(34,13-15-32)18-29(31)33/h4-11,16-17,34H,12-15,18-20H2,1-3H3,(H2,31,33). The first-order chi connectivity index (χ1) is 17.8. The number of hydrogen-bond donors (Lipinski definition) is 2. The van der Waals surface area contributed by atoms with Crippen molar-refractivity contribution in [3.05, 3.63) is 77.4 Å². The van der Waals surface area contributed by atoms with Crippen molar-refractivity contribution in [2.45, 2.75) is 44.9 Å². The molecule has 0 aliphatic carbocycles. The van der Waals surface area contributed by atoms with Crippen molar-refractivity contribution in [2.75, 3.05) is 27.3 Å². The van der Waals surface area contributed by atoms with Crippen LogP contribution >= 0.6 is 0 Å². The lowest BCUT2D eigenvalue weighted by Crippen LogP contribution is -2.46. The number of likely N-dealkylation sites (tertiary alicyclic amines) is 1. The van der Waals surface area contributed by atoms with E-state index in [1.807, 2.05) is 30.3 Å². The Kier molecular flexibility index (Phi) is 8.36. The number of ether oxygens (including phenoxy) is 3. The van der Waals surface area contributed by atoms with Crippen molar-refractivity contribution in [2.24, 2.45) is 5.73 Å². The summed E-state index contributed by atoms with van der Waals surface area (Å²) in [5.74, 6) is 1.55. The van der Waals surface area contributed by atoms with Crippen LogP contribution in [0, 0.1) is 6.92 Å². The molecule has 7 heteroatoms. The summed E-state index contributed by atoms with van der Waals surface area (Å²) in [6.45, 7) is 4.42. The number of hydrogen-bond acceptors (Lipinski definition) is 6. The summed E-state index contributed by atoms with van der Waals surface area (Å²) in [6, 6.07) is 20.4. The average Bonchev–Trinajstić information content (AvgIpc) is 2.89. The summed E-state index contributed by atoms with van der Waals surface area (Å²) < 4.78 is 17.6. The number of amides is 1. The summed E-state index contributed by atoms with van der Waals surface area (Å²) >= 11 is 0. The van der Waals surface area contributed by atoms with E-state index in [1.165, 1.54) is 16.7 Å². The second-order valence-electron chi connectivity index (χ2n) is 9.69. The average molecular weight is 505 g/mol. The molecular formula is C30H36N2O5. The zero-order chi connectivity index (χ0) is 26.4. The minimum atomic E-state index is -1.02. The van der Waals surface area contributed by atoms with Crippen molar-refractivity contribution in [3.63, 3.8) is 0 Å². The second kappa shape index (κ2) is 11.7. The topological polar surface area (TPSA) is 94.2 Å². The minimum absolute atomic E-state index is 0.00670. The highest BCUT2D eigenvalue weighted by molar-refractivity contribution is 5.75. The Bertz CT molecular complexity index is 1190. The van der Waals surface area contributed by atoms with Crippen LogP contribution < -0.4 is 19.9 Å². The molecule has 4 rings (SSSR count). The molecule has 0 spiro atoms. The lowest BCUT2D eigenvalue weighted by atomic mass is 9.88. The normalized spacial score (nSPS) is 15.2. The Hall–Kier alpha value is -3.55. The van der Waals surface area contributed by atoms with Gasteiger partial charge in [-0.2, -0.15) is 0 Å². The molecule has 196 valence electrons. The lowest BCUT2D eigenvalue weighted by Gasteiger charge is -2.37. The monoisotopic (exact) mass is 504 g/mol. The van der Waals surface area contributed by atoms with E-state index in [0.717, 1.165) is 11.1 Å². The third-order valence-electron chi connectivity index (χ3n) is 7.18. The fourth-order valence-corrected chi connectivity index (χ4v) is 4.98. The maximum atomic E-state index is 11.3. The van der Waals surface area contributed by atoms with E-state index in [2.05, 4.69) is 42.2 Å². The number of piperidine rings is 1. The number of carbonyl (C=O) groups is 1. The van der Waals surface area contributed by atoms with Gasteiger partial charge in [0.15, 0.2) is 0 Å². The van der Waals surface area contributed by atoms with Crippen LogP contribution in [0.15, 0.2) is 60.7 Å². The lowest BCUT2D eigenvalue weighted by molar-refractivity contribution is -0.125. The number of nitrogens with two attached hydrogens (primary N) is 1. The fourth-order valence-electron chi connectivity index (χ4n) is 4.98. The Morgan fingerprint density at radius 2 is 1.65 bits per heavy atom. The molecule has 1 aliphatic rings. The predicted octanol–water partition coefficient (Wildman–Crippen LogP) is 4.46. The van der Waals surface area contributed by atoms with Crippen LogP contribution in [0.1, 0.15) is 36.0 Å². The van der Waals surface area contributed by atoms with Crippen molar-refractivity contribution in [1.82, 2.24) is 4.90 Å². The van der Waals surface area contributed by atoms with Crippen LogP contribution in [0.2, 0.25) is 0 Å². The van der Waals surface area contributed by atoms with Gasteiger partial charge in [-0.25, -0.2) is 0 Å². The third kappa shape index (κ3) is 6.42. The van der Waals surface area contributed by atoms with Crippen LogP contribution in [-0.4, -0.2) is 48.8 Å². The number of nitrogens with zero attached hydrogens (tertiary/aromatic N) is 1. The molecule has 1 saturated heterocycles. The van der Waals surface area contributed by atoms with Gasteiger partial charge in [0.2, 0.25) is 5.91 Å². The highest BCUT2D eigenvalue weighted by atomic mass is 16.5. The highest BCUT2D eigenvalue weighted by Gasteiger charge is 2.34. The number of aliphatic hydroxyl groups is 1. The number of methoxy groups -OCH3 is 2. The fraction of sp³-hybridized carbons (Fsp3) is 0.367. The van der Waals surface area contributed by atoms with Crippen molar-refractivity contribution < 1.29 is 24.1 Å². The van der Waals surface area contributed by atoms with Gasteiger partial charge in [0.1, 0.15) is 23.9 Å². The van der Waals surface area contributed by atoms with Gasteiger partial charge in [0, 0.05) is 31.8 Å². The molecule has 3 N–H and O–H groups in total. The van der Waals surface area contributed by atoms with Gasteiger partial charge in [0.25, 0.3) is 0 Å². The summed E-state index contributed by atoms with van der Waals surface area (Å²) in [5.41, 5.74) is 9.87. The van der Waals surface area contributed by atoms with Gasteiger partial charge >= 0.3 is 0 Å². The molecule has 37 heavy (non-hydrogen) atoms. The van der Waals surface area contributed by atoms with Crippen molar-refractivity contribution in [1.29, 1.82) is 0 Å². The molecule has 7 nitrogen and oxygen atoms in total. The second-order valence-corrected chi connectivity index (χ2v) is 9.69. The van der Waals surface area contributed by atoms with E-state index < -0.39 is 11.5 Å². The highest BCUT2D eigenvalue weighted by Crippen LogP contribution is 2.37. The van der Waals surface area contributed by atoms with Crippen molar-refractivity contribution in [3.8, 4) is 28.4 Å². The van der Waals surface area contributed by atoms with Gasteiger partial charge in [-0.05, 0) is 42.0 Å². The maximum Gasteiger partial charge on any atom is 0.220 e. The predicted molar refractivity (Wildman–Crippen MR) is 144 cm³/mol.